The topological polar surface area (TPSA) is 115 Å². The van der Waals surface area contributed by atoms with Gasteiger partial charge in [-0.1, -0.05) is 47.7 Å². The van der Waals surface area contributed by atoms with Crippen LogP contribution in [0.1, 0.15) is 34.7 Å². The molecule has 0 aliphatic carbocycles. The van der Waals surface area contributed by atoms with E-state index in [1.165, 1.54) is 28.6 Å². The van der Waals surface area contributed by atoms with Gasteiger partial charge in [0.2, 0.25) is 5.13 Å². The van der Waals surface area contributed by atoms with Gasteiger partial charge in [0.05, 0.1) is 18.2 Å². The van der Waals surface area contributed by atoms with Crippen LogP contribution in [0.25, 0.3) is 5.76 Å². The van der Waals surface area contributed by atoms with Gasteiger partial charge in [-0.2, -0.15) is 0 Å². The molecule has 3 heterocycles. The number of Topliss-reactive ketones (excluding diaryl/α,β-unsaturated/α-hetero) is 1. The van der Waals surface area contributed by atoms with Crippen LogP contribution in [-0.2, 0) is 16.2 Å². The maximum atomic E-state index is 13.3. The minimum absolute atomic E-state index is 0.0607. The zero-order chi connectivity index (χ0) is 26.6. The number of anilines is 1. The summed E-state index contributed by atoms with van der Waals surface area (Å²) in [5.74, 6) is -0.966. The lowest BCUT2D eigenvalue weighted by atomic mass is 9.95. The Labute approximate surface area is 223 Å². The second-order valence-corrected chi connectivity index (χ2v) is 9.58. The Balaban J connectivity index is 1.61. The van der Waals surface area contributed by atoms with Gasteiger partial charge in [-0.15, -0.1) is 10.2 Å². The minimum Gasteiger partial charge on any atom is -0.507 e. The van der Waals surface area contributed by atoms with Crippen molar-refractivity contribution in [3.05, 3.63) is 100 Å². The smallest absolute Gasteiger partial charge is 0.301 e. The molecule has 2 aromatic carbocycles. The average Bonchev–Trinajstić information content (AvgIpc) is 3.48. The maximum absolute atomic E-state index is 13.3. The fourth-order valence-corrected chi connectivity index (χ4v) is 4.93. The number of nitrogens with zero attached hydrogens (tertiary/aromatic N) is 4. The van der Waals surface area contributed by atoms with Crippen molar-refractivity contribution in [1.82, 2.24) is 15.2 Å². The molecule has 1 aliphatic rings. The lowest BCUT2D eigenvalue weighted by Crippen LogP contribution is -2.29. The van der Waals surface area contributed by atoms with Gasteiger partial charge in [0, 0.05) is 18.0 Å². The fourth-order valence-electron chi connectivity index (χ4n) is 4.21. The molecule has 1 unspecified atom stereocenters. The lowest BCUT2D eigenvalue weighted by molar-refractivity contribution is -0.132. The van der Waals surface area contributed by atoms with E-state index < -0.39 is 17.7 Å². The van der Waals surface area contributed by atoms with Crippen LogP contribution >= 0.6 is 11.3 Å². The lowest BCUT2D eigenvalue weighted by Gasteiger charge is -2.23. The number of aryl methyl sites for hydroxylation is 1. The van der Waals surface area contributed by atoms with E-state index in [0.717, 1.165) is 5.56 Å². The van der Waals surface area contributed by atoms with Gasteiger partial charge in [-0.25, -0.2) is 0 Å². The van der Waals surface area contributed by atoms with Gasteiger partial charge in [0.1, 0.15) is 17.4 Å². The highest BCUT2D eigenvalue weighted by molar-refractivity contribution is 7.15. The zero-order valence-electron chi connectivity index (χ0n) is 20.7. The number of carbonyl (C=O) groups is 2. The minimum atomic E-state index is -0.960. The zero-order valence-corrected chi connectivity index (χ0v) is 21.5. The van der Waals surface area contributed by atoms with E-state index in [1.54, 1.807) is 37.3 Å². The van der Waals surface area contributed by atoms with Crippen LogP contribution in [0, 0.1) is 6.92 Å². The fraction of sp³-hybridized carbons (Fsp3) is 0.179. The van der Waals surface area contributed by atoms with Crippen molar-refractivity contribution in [3.8, 4) is 11.5 Å². The molecule has 0 bridgehead atoms. The second-order valence-electron chi connectivity index (χ2n) is 8.42. The Kier molecular flexibility index (Phi) is 7.14. The number of hydrogen-bond donors (Lipinski definition) is 1. The van der Waals surface area contributed by atoms with Crippen molar-refractivity contribution < 1.29 is 24.2 Å². The third-order valence-corrected chi connectivity index (χ3v) is 6.78. The Morgan fingerprint density at radius 3 is 2.45 bits per heavy atom. The van der Waals surface area contributed by atoms with E-state index in [4.69, 9.17) is 9.47 Å². The van der Waals surface area contributed by atoms with Crippen LogP contribution < -0.4 is 14.4 Å². The third-order valence-electron chi connectivity index (χ3n) is 5.94. The van der Waals surface area contributed by atoms with Crippen molar-refractivity contribution >= 4 is 33.9 Å². The molecule has 1 amide bonds. The van der Waals surface area contributed by atoms with Crippen molar-refractivity contribution in [2.24, 2.45) is 0 Å². The largest absolute Gasteiger partial charge is 0.507 e. The van der Waals surface area contributed by atoms with E-state index in [-0.39, 0.29) is 16.5 Å². The number of hydrogen-bond acceptors (Lipinski definition) is 9. The van der Waals surface area contributed by atoms with Gasteiger partial charge >= 0.3 is 5.91 Å². The highest BCUT2D eigenvalue weighted by Crippen LogP contribution is 2.44. The van der Waals surface area contributed by atoms with Gasteiger partial charge < -0.3 is 14.6 Å². The predicted molar refractivity (Wildman–Crippen MR) is 142 cm³/mol. The highest BCUT2D eigenvalue weighted by atomic mass is 32.1. The number of amides is 1. The standard InChI is InChI=1S/C28H24N4O5S/c1-3-36-22-15-20(9-10-21(22)37-16-18-7-5-4-6-8-18)24-23(25(33)19-11-13-29-14-12-19)26(34)27(35)32(24)28-31-30-17(2)38-28/h4-15,24,33H,3,16H2,1-2H3/b25-23+. The summed E-state index contributed by atoms with van der Waals surface area (Å²) in [4.78, 5) is 31.8. The summed E-state index contributed by atoms with van der Waals surface area (Å²) in [7, 11) is 0. The van der Waals surface area contributed by atoms with Crippen molar-refractivity contribution in [1.29, 1.82) is 0 Å². The summed E-state index contributed by atoms with van der Waals surface area (Å²) in [6.07, 6.45) is 3.00. The quantitative estimate of drug-likeness (QED) is 0.196. The molecule has 0 saturated carbocycles. The summed E-state index contributed by atoms with van der Waals surface area (Å²) in [6, 6.07) is 17.1. The van der Waals surface area contributed by atoms with E-state index in [1.807, 2.05) is 37.3 Å². The number of carbonyl (C=O) groups excluding carboxylic acids is 2. The summed E-state index contributed by atoms with van der Waals surface area (Å²) in [5.41, 5.74) is 1.85. The number of aliphatic hydroxyl groups is 1. The first-order valence-corrected chi connectivity index (χ1v) is 12.7. The molecule has 0 radical (unpaired) electrons. The van der Waals surface area contributed by atoms with Gasteiger partial charge in [0.15, 0.2) is 11.5 Å². The molecule has 1 saturated heterocycles. The molecule has 0 spiro atoms. The first-order valence-electron chi connectivity index (χ1n) is 11.9. The molecular weight excluding hydrogens is 504 g/mol. The number of aliphatic hydroxyl groups excluding tert-OH is 1. The Hall–Kier alpha value is -4.57. The van der Waals surface area contributed by atoms with Gasteiger partial charge in [-0.3, -0.25) is 19.5 Å². The van der Waals surface area contributed by atoms with Crippen molar-refractivity contribution in [3.63, 3.8) is 0 Å². The number of rotatable bonds is 8. The number of ether oxygens (including phenoxy) is 2. The molecule has 4 aromatic rings. The van der Waals surface area contributed by atoms with E-state index in [2.05, 4.69) is 15.2 Å². The molecule has 1 aliphatic heterocycles. The first kappa shape index (κ1) is 25.1. The van der Waals surface area contributed by atoms with E-state index >= 15 is 0 Å². The molecule has 9 nitrogen and oxygen atoms in total. The maximum Gasteiger partial charge on any atom is 0.301 e. The summed E-state index contributed by atoms with van der Waals surface area (Å²) >= 11 is 1.18. The summed E-state index contributed by atoms with van der Waals surface area (Å²) in [6.45, 7) is 4.33. The first-order chi connectivity index (χ1) is 18.5. The van der Waals surface area contributed by atoms with Crippen LogP contribution in [-0.4, -0.2) is 38.6 Å². The second kappa shape index (κ2) is 10.8. The van der Waals surface area contributed by atoms with Crippen molar-refractivity contribution in [2.45, 2.75) is 26.5 Å². The molecular formula is C28H24N4O5S. The number of pyridine rings is 1. The Morgan fingerprint density at radius 2 is 1.76 bits per heavy atom. The van der Waals surface area contributed by atoms with E-state index in [0.29, 0.717) is 40.8 Å². The molecule has 2 aromatic heterocycles. The number of benzene rings is 2. The molecule has 38 heavy (non-hydrogen) atoms. The molecule has 1 atom stereocenters. The van der Waals surface area contributed by atoms with Crippen molar-refractivity contribution in [2.75, 3.05) is 11.5 Å². The van der Waals surface area contributed by atoms with Crippen LogP contribution in [0.3, 0.4) is 0 Å². The average molecular weight is 529 g/mol. The number of ketones is 1. The van der Waals surface area contributed by atoms with Crippen LogP contribution in [0.2, 0.25) is 0 Å². The summed E-state index contributed by atoms with van der Waals surface area (Å²) in [5, 5.41) is 20.2. The molecule has 5 rings (SSSR count). The van der Waals surface area contributed by atoms with Gasteiger partial charge in [0.25, 0.3) is 5.78 Å². The molecule has 1 fully saturated rings. The summed E-state index contributed by atoms with van der Waals surface area (Å²) < 4.78 is 11.9. The molecule has 1 N–H and O–H groups in total. The predicted octanol–water partition coefficient (Wildman–Crippen LogP) is 4.85. The monoisotopic (exact) mass is 528 g/mol. The normalized spacial score (nSPS) is 16.6. The van der Waals surface area contributed by atoms with Crippen LogP contribution in [0.5, 0.6) is 11.5 Å². The Bertz CT molecular complexity index is 1500. The number of aromatic nitrogens is 3. The molecule has 192 valence electrons. The van der Waals surface area contributed by atoms with E-state index in [9.17, 15) is 14.7 Å². The van der Waals surface area contributed by atoms with Crippen LogP contribution in [0.15, 0.2) is 78.6 Å². The van der Waals surface area contributed by atoms with Crippen LogP contribution in [0.4, 0.5) is 5.13 Å². The van der Waals surface area contributed by atoms with Gasteiger partial charge in [-0.05, 0) is 49.2 Å². The SMILES string of the molecule is CCOc1cc(C2/C(=C(\O)c3ccncc3)C(=O)C(=O)N2c2nnc(C)s2)ccc1OCc1ccccc1. The highest BCUT2D eigenvalue weighted by Gasteiger charge is 2.48. The Morgan fingerprint density at radius 1 is 1.00 bits per heavy atom. The third kappa shape index (κ3) is 4.85. The molecule has 10 heteroatoms.